The lowest BCUT2D eigenvalue weighted by molar-refractivity contribution is -0.142. The van der Waals surface area contributed by atoms with Crippen molar-refractivity contribution < 1.29 is 14.1 Å². The Morgan fingerprint density at radius 1 is 1.38 bits per heavy atom. The second-order valence-electron chi connectivity index (χ2n) is 5.99. The lowest BCUT2D eigenvalue weighted by atomic mass is 10.0. The molecular formula is C18H21N3O3. The molecule has 1 atom stereocenters. The van der Waals surface area contributed by atoms with Crippen LogP contribution in [0.1, 0.15) is 36.6 Å². The van der Waals surface area contributed by atoms with Gasteiger partial charge in [-0.2, -0.15) is 0 Å². The zero-order valence-electron chi connectivity index (χ0n) is 13.7. The highest BCUT2D eigenvalue weighted by Crippen LogP contribution is 2.22. The van der Waals surface area contributed by atoms with Crippen LogP contribution in [0.3, 0.4) is 0 Å². The number of hydrogen-bond donors (Lipinski definition) is 1. The Kier molecular flexibility index (Phi) is 4.93. The predicted molar refractivity (Wildman–Crippen MR) is 87.7 cm³/mol. The zero-order valence-corrected chi connectivity index (χ0v) is 13.7. The van der Waals surface area contributed by atoms with Gasteiger partial charge in [-0.05, 0) is 12.0 Å². The van der Waals surface area contributed by atoms with Gasteiger partial charge in [-0.15, -0.1) is 0 Å². The second kappa shape index (κ2) is 7.29. The van der Waals surface area contributed by atoms with Gasteiger partial charge in [-0.25, -0.2) is 0 Å². The summed E-state index contributed by atoms with van der Waals surface area (Å²) in [5.74, 6) is -0.196. The smallest absolute Gasteiger partial charge is 0.243 e. The van der Waals surface area contributed by atoms with E-state index in [0.717, 1.165) is 17.5 Å². The van der Waals surface area contributed by atoms with Crippen molar-refractivity contribution >= 4 is 11.8 Å². The summed E-state index contributed by atoms with van der Waals surface area (Å²) in [5, 5.41) is 6.79. The molecule has 3 rings (SSSR count). The lowest BCUT2D eigenvalue weighted by Gasteiger charge is -2.33. The first kappa shape index (κ1) is 16.2. The van der Waals surface area contributed by atoms with Crippen LogP contribution in [0.5, 0.6) is 0 Å². The van der Waals surface area contributed by atoms with Gasteiger partial charge >= 0.3 is 0 Å². The molecule has 0 radical (unpaired) electrons. The molecule has 1 unspecified atom stereocenters. The van der Waals surface area contributed by atoms with Crippen molar-refractivity contribution in [3.05, 3.63) is 53.4 Å². The molecule has 0 saturated carbocycles. The summed E-state index contributed by atoms with van der Waals surface area (Å²) in [5.41, 5.74) is 2.59. The molecule has 1 aliphatic rings. The fourth-order valence-corrected chi connectivity index (χ4v) is 2.96. The third kappa shape index (κ3) is 3.48. The van der Waals surface area contributed by atoms with Gasteiger partial charge in [0, 0.05) is 12.1 Å². The topological polar surface area (TPSA) is 75.4 Å². The standard InChI is InChI=1S/C18H21N3O3/c1-2-6-16(18(23)19-10-13-7-4-3-5-8-13)21-11-14-12-24-20-15(14)9-17(21)22/h3-5,7-8,12,16H,2,6,9-11H2,1H3,(H,19,23). The highest BCUT2D eigenvalue weighted by molar-refractivity contribution is 5.89. The molecule has 6 heteroatoms. The molecule has 0 saturated heterocycles. The molecule has 1 aromatic heterocycles. The lowest BCUT2D eigenvalue weighted by Crippen LogP contribution is -2.51. The Bertz CT molecular complexity index is 711. The number of carbonyl (C=O) groups is 2. The summed E-state index contributed by atoms with van der Waals surface area (Å²) >= 11 is 0. The van der Waals surface area contributed by atoms with Gasteiger partial charge in [-0.3, -0.25) is 9.59 Å². The quantitative estimate of drug-likeness (QED) is 0.881. The number of fused-ring (bicyclic) bond motifs is 1. The average molecular weight is 327 g/mol. The third-order valence-electron chi connectivity index (χ3n) is 4.26. The van der Waals surface area contributed by atoms with Crippen LogP contribution in [-0.2, 0) is 29.1 Å². The number of amides is 2. The molecule has 2 amide bonds. The highest BCUT2D eigenvalue weighted by atomic mass is 16.5. The molecule has 2 heterocycles. The summed E-state index contributed by atoms with van der Waals surface area (Å²) in [6, 6.07) is 9.27. The Hall–Kier alpha value is -2.63. The van der Waals surface area contributed by atoms with Crippen molar-refractivity contribution in [3.63, 3.8) is 0 Å². The van der Waals surface area contributed by atoms with Gasteiger partial charge in [0.15, 0.2) is 0 Å². The molecule has 0 aliphatic carbocycles. The normalized spacial score (nSPS) is 15.0. The van der Waals surface area contributed by atoms with E-state index >= 15 is 0 Å². The van der Waals surface area contributed by atoms with E-state index in [1.165, 1.54) is 0 Å². The highest BCUT2D eigenvalue weighted by Gasteiger charge is 2.34. The first-order chi connectivity index (χ1) is 11.7. The van der Waals surface area contributed by atoms with Gasteiger partial charge in [0.1, 0.15) is 12.3 Å². The maximum atomic E-state index is 12.7. The number of carbonyl (C=O) groups excluding carboxylic acids is 2. The summed E-state index contributed by atoms with van der Waals surface area (Å²) in [6.07, 6.45) is 3.20. The number of aromatic nitrogens is 1. The molecular weight excluding hydrogens is 306 g/mol. The van der Waals surface area contributed by atoms with Crippen LogP contribution in [0.25, 0.3) is 0 Å². The fourth-order valence-electron chi connectivity index (χ4n) is 2.96. The van der Waals surface area contributed by atoms with E-state index in [4.69, 9.17) is 4.52 Å². The number of hydrogen-bond acceptors (Lipinski definition) is 4. The van der Waals surface area contributed by atoms with Crippen LogP contribution < -0.4 is 5.32 Å². The van der Waals surface area contributed by atoms with Crippen LogP contribution in [0.4, 0.5) is 0 Å². The van der Waals surface area contributed by atoms with Crippen LogP contribution >= 0.6 is 0 Å². The summed E-state index contributed by atoms with van der Waals surface area (Å²) < 4.78 is 4.94. The summed E-state index contributed by atoms with van der Waals surface area (Å²) in [7, 11) is 0. The van der Waals surface area contributed by atoms with Crippen LogP contribution in [0, 0.1) is 0 Å². The minimum Gasteiger partial charge on any atom is -0.364 e. The van der Waals surface area contributed by atoms with E-state index in [2.05, 4.69) is 10.5 Å². The number of benzene rings is 1. The Morgan fingerprint density at radius 3 is 2.92 bits per heavy atom. The van der Waals surface area contributed by atoms with E-state index in [1.807, 2.05) is 37.3 Å². The monoisotopic (exact) mass is 327 g/mol. The molecule has 24 heavy (non-hydrogen) atoms. The van der Waals surface area contributed by atoms with Crippen LogP contribution in [0.15, 0.2) is 41.1 Å². The van der Waals surface area contributed by atoms with E-state index in [0.29, 0.717) is 25.2 Å². The summed E-state index contributed by atoms with van der Waals surface area (Å²) in [6.45, 7) is 2.85. The number of rotatable bonds is 6. The number of nitrogens with one attached hydrogen (secondary N) is 1. The van der Waals surface area contributed by atoms with Crippen molar-refractivity contribution in [2.45, 2.75) is 45.3 Å². The predicted octanol–water partition coefficient (Wildman–Crippen LogP) is 2.04. The van der Waals surface area contributed by atoms with E-state index in [1.54, 1.807) is 11.2 Å². The molecule has 1 N–H and O–H groups in total. The largest absolute Gasteiger partial charge is 0.364 e. The first-order valence-electron chi connectivity index (χ1n) is 8.22. The van der Waals surface area contributed by atoms with E-state index in [9.17, 15) is 9.59 Å². The van der Waals surface area contributed by atoms with E-state index < -0.39 is 6.04 Å². The maximum absolute atomic E-state index is 12.7. The average Bonchev–Trinajstić information content (AvgIpc) is 3.05. The summed E-state index contributed by atoms with van der Waals surface area (Å²) in [4.78, 5) is 26.7. The molecule has 2 aromatic rings. The van der Waals surface area contributed by atoms with Gasteiger partial charge in [0.25, 0.3) is 0 Å². The molecule has 126 valence electrons. The van der Waals surface area contributed by atoms with Crippen molar-refractivity contribution in [3.8, 4) is 0 Å². The van der Waals surface area contributed by atoms with E-state index in [-0.39, 0.29) is 18.2 Å². The van der Waals surface area contributed by atoms with Crippen LogP contribution in [-0.4, -0.2) is 27.9 Å². The van der Waals surface area contributed by atoms with Gasteiger partial charge in [0.2, 0.25) is 11.8 Å². The minimum absolute atomic E-state index is 0.0790. The molecule has 0 spiro atoms. The molecule has 0 bridgehead atoms. The Balaban J connectivity index is 1.69. The molecule has 1 aromatic carbocycles. The van der Waals surface area contributed by atoms with Gasteiger partial charge in [-0.1, -0.05) is 48.8 Å². The van der Waals surface area contributed by atoms with Gasteiger partial charge < -0.3 is 14.7 Å². The third-order valence-corrected chi connectivity index (χ3v) is 4.26. The molecule has 6 nitrogen and oxygen atoms in total. The Morgan fingerprint density at radius 2 is 2.17 bits per heavy atom. The number of nitrogens with zero attached hydrogens (tertiary/aromatic N) is 2. The SMILES string of the molecule is CCCC(C(=O)NCc1ccccc1)N1Cc2conc2CC1=O. The second-order valence-corrected chi connectivity index (χ2v) is 5.99. The first-order valence-corrected chi connectivity index (χ1v) is 8.22. The molecule has 0 fully saturated rings. The Labute approximate surface area is 140 Å². The maximum Gasteiger partial charge on any atom is 0.243 e. The van der Waals surface area contributed by atoms with Gasteiger partial charge in [0.05, 0.1) is 18.7 Å². The molecule has 1 aliphatic heterocycles. The zero-order chi connectivity index (χ0) is 16.9. The van der Waals surface area contributed by atoms with Crippen LogP contribution in [0.2, 0.25) is 0 Å². The van der Waals surface area contributed by atoms with Crippen molar-refractivity contribution in [1.29, 1.82) is 0 Å². The minimum atomic E-state index is -0.464. The van der Waals surface area contributed by atoms with Crippen molar-refractivity contribution in [1.82, 2.24) is 15.4 Å². The fraction of sp³-hybridized carbons (Fsp3) is 0.389. The van der Waals surface area contributed by atoms with Crippen molar-refractivity contribution in [2.24, 2.45) is 0 Å². The van der Waals surface area contributed by atoms with Crippen molar-refractivity contribution in [2.75, 3.05) is 0 Å².